The van der Waals surface area contributed by atoms with E-state index in [4.69, 9.17) is 20.2 Å². The minimum atomic E-state index is -0.637. The molecular weight excluding hydrogens is 434 g/mol. The summed E-state index contributed by atoms with van der Waals surface area (Å²) >= 11 is 0. The fraction of sp³-hybridized carbons (Fsp3) is 0.192. The van der Waals surface area contributed by atoms with Gasteiger partial charge in [0.2, 0.25) is 0 Å². The summed E-state index contributed by atoms with van der Waals surface area (Å²) in [6.07, 6.45) is -0.105. The Morgan fingerprint density at radius 3 is 2.24 bits per heavy atom. The summed E-state index contributed by atoms with van der Waals surface area (Å²) in [6, 6.07) is 26.4. The molecule has 0 aliphatic carbocycles. The standard InChI is InChI=1S/C26H25N3O5/c1-31-29-25(21-5-3-2-4-6-21)18-33-23-11-7-19(8-12-23)17-32-24-13-9-20(10-14-24)22(16-27)15-26(30)34-28/h2-14,22H,15,17-18,28H2,1H3/b29-25-. The van der Waals surface area contributed by atoms with Gasteiger partial charge in [0.05, 0.1) is 18.4 Å². The molecule has 34 heavy (non-hydrogen) atoms. The predicted molar refractivity (Wildman–Crippen MR) is 126 cm³/mol. The van der Waals surface area contributed by atoms with Gasteiger partial charge in [0.15, 0.2) is 0 Å². The highest BCUT2D eigenvalue weighted by Gasteiger charge is 2.16. The van der Waals surface area contributed by atoms with Crippen LogP contribution in [0.3, 0.4) is 0 Å². The molecular formula is C26H25N3O5. The Labute approximate surface area is 198 Å². The molecule has 0 radical (unpaired) electrons. The van der Waals surface area contributed by atoms with Crippen molar-refractivity contribution in [3.05, 3.63) is 95.6 Å². The Bertz CT molecular complexity index is 1120. The Hall–Kier alpha value is -4.35. The van der Waals surface area contributed by atoms with Crippen LogP contribution in [0.4, 0.5) is 0 Å². The summed E-state index contributed by atoms with van der Waals surface area (Å²) in [7, 11) is 1.50. The maximum absolute atomic E-state index is 11.3. The van der Waals surface area contributed by atoms with Crippen molar-refractivity contribution in [2.24, 2.45) is 11.1 Å². The molecule has 2 N–H and O–H groups in total. The van der Waals surface area contributed by atoms with Gasteiger partial charge in [-0.2, -0.15) is 11.2 Å². The highest BCUT2D eigenvalue weighted by atomic mass is 16.7. The van der Waals surface area contributed by atoms with E-state index in [0.717, 1.165) is 11.1 Å². The molecule has 8 heteroatoms. The number of oxime groups is 1. The van der Waals surface area contributed by atoms with Crippen molar-refractivity contribution in [2.45, 2.75) is 18.9 Å². The fourth-order valence-electron chi connectivity index (χ4n) is 3.15. The maximum atomic E-state index is 11.3. The number of nitriles is 1. The Balaban J connectivity index is 1.52. The normalized spacial score (nSPS) is 11.7. The van der Waals surface area contributed by atoms with Crippen molar-refractivity contribution >= 4 is 11.7 Å². The van der Waals surface area contributed by atoms with Gasteiger partial charge in [-0.1, -0.05) is 59.8 Å². The van der Waals surface area contributed by atoms with Gasteiger partial charge in [-0.05, 0) is 35.4 Å². The van der Waals surface area contributed by atoms with Crippen LogP contribution in [0, 0.1) is 11.3 Å². The largest absolute Gasteiger partial charge is 0.489 e. The van der Waals surface area contributed by atoms with Gasteiger partial charge in [0.25, 0.3) is 0 Å². The molecule has 3 aromatic rings. The summed E-state index contributed by atoms with van der Waals surface area (Å²) < 4.78 is 11.7. The highest BCUT2D eigenvalue weighted by Crippen LogP contribution is 2.23. The number of hydrogen-bond donors (Lipinski definition) is 1. The summed E-state index contributed by atoms with van der Waals surface area (Å²) in [6.45, 7) is 0.633. The number of ether oxygens (including phenoxy) is 2. The molecule has 0 saturated carbocycles. The molecule has 0 fully saturated rings. The van der Waals surface area contributed by atoms with Crippen LogP contribution in [0.25, 0.3) is 0 Å². The zero-order valence-electron chi connectivity index (χ0n) is 18.7. The second-order valence-corrected chi connectivity index (χ2v) is 7.25. The van der Waals surface area contributed by atoms with Crippen LogP contribution in [-0.4, -0.2) is 25.4 Å². The summed E-state index contributed by atoms with van der Waals surface area (Å²) in [5.41, 5.74) is 3.28. The van der Waals surface area contributed by atoms with Gasteiger partial charge in [0.1, 0.15) is 37.5 Å². The van der Waals surface area contributed by atoms with Crippen LogP contribution in [-0.2, 0) is 21.1 Å². The third kappa shape index (κ3) is 7.08. The van der Waals surface area contributed by atoms with E-state index in [0.29, 0.717) is 29.4 Å². The van der Waals surface area contributed by atoms with Crippen molar-refractivity contribution in [2.75, 3.05) is 13.7 Å². The van der Waals surface area contributed by atoms with Gasteiger partial charge in [-0.3, -0.25) is 4.79 Å². The van der Waals surface area contributed by atoms with Gasteiger partial charge < -0.3 is 19.1 Å². The molecule has 0 amide bonds. The van der Waals surface area contributed by atoms with Gasteiger partial charge in [-0.15, -0.1) is 0 Å². The number of carbonyl (C=O) groups is 1. The van der Waals surface area contributed by atoms with Crippen LogP contribution >= 0.6 is 0 Å². The Morgan fingerprint density at radius 1 is 0.971 bits per heavy atom. The van der Waals surface area contributed by atoms with E-state index < -0.39 is 11.9 Å². The van der Waals surface area contributed by atoms with E-state index in [2.05, 4.69) is 16.1 Å². The maximum Gasteiger partial charge on any atom is 0.326 e. The molecule has 8 nitrogen and oxygen atoms in total. The quantitative estimate of drug-likeness (QED) is 0.339. The van der Waals surface area contributed by atoms with Crippen LogP contribution in [0.15, 0.2) is 84.0 Å². The molecule has 0 aromatic heterocycles. The van der Waals surface area contributed by atoms with Crippen LogP contribution in [0.5, 0.6) is 11.5 Å². The molecule has 0 spiro atoms. The van der Waals surface area contributed by atoms with Crippen LogP contribution < -0.4 is 15.4 Å². The topological polar surface area (TPSA) is 116 Å². The molecule has 1 atom stereocenters. The number of nitrogens with two attached hydrogens (primary N) is 1. The lowest BCUT2D eigenvalue weighted by Crippen LogP contribution is -2.13. The number of carbonyl (C=O) groups excluding carboxylic acids is 1. The van der Waals surface area contributed by atoms with E-state index in [-0.39, 0.29) is 13.0 Å². The smallest absolute Gasteiger partial charge is 0.326 e. The number of rotatable bonds is 11. The van der Waals surface area contributed by atoms with E-state index >= 15 is 0 Å². The Kier molecular flexibility index (Phi) is 9.02. The third-order valence-corrected chi connectivity index (χ3v) is 4.95. The second-order valence-electron chi connectivity index (χ2n) is 7.25. The summed E-state index contributed by atoms with van der Waals surface area (Å²) in [4.78, 5) is 20.4. The average molecular weight is 460 g/mol. The average Bonchev–Trinajstić information content (AvgIpc) is 2.89. The lowest BCUT2D eigenvalue weighted by molar-refractivity contribution is -0.144. The van der Waals surface area contributed by atoms with Gasteiger partial charge >= 0.3 is 5.97 Å². The molecule has 3 rings (SSSR count). The minimum Gasteiger partial charge on any atom is -0.489 e. The first-order valence-corrected chi connectivity index (χ1v) is 10.5. The van der Waals surface area contributed by atoms with Crippen molar-refractivity contribution in [1.82, 2.24) is 0 Å². The second kappa shape index (κ2) is 12.6. The van der Waals surface area contributed by atoms with E-state index in [1.165, 1.54) is 7.11 Å². The van der Waals surface area contributed by atoms with Crippen molar-refractivity contribution in [3.8, 4) is 17.6 Å². The molecule has 3 aromatic carbocycles. The molecule has 0 saturated heterocycles. The zero-order valence-corrected chi connectivity index (χ0v) is 18.7. The Morgan fingerprint density at radius 2 is 1.62 bits per heavy atom. The lowest BCUT2D eigenvalue weighted by atomic mass is 9.97. The van der Waals surface area contributed by atoms with E-state index in [1.54, 1.807) is 24.3 Å². The first-order valence-electron chi connectivity index (χ1n) is 10.5. The highest BCUT2D eigenvalue weighted by molar-refractivity contribution is 6.01. The lowest BCUT2D eigenvalue weighted by Gasteiger charge is -2.11. The van der Waals surface area contributed by atoms with E-state index in [1.807, 2.05) is 54.6 Å². The van der Waals surface area contributed by atoms with Gasteiger partial charge in [0, 0.05) is 5.56 Å². The van der Waals surface area contributed by atoms with Crippen LogP contribution in [0.1, 0.15) is 29.0 Å². The predicted octanol–water partition coefficient (Wildman–Crippen LogP) is 4.11. The molecule has 1 unspecified atom stereocenters. The minimum absolute atomic E-state index is 0.105. The summed E-state index contributed by atoms with van der Waals surface area (Å²) in [5.74, 6) is 4.93. The van der Waals surface area contributed by atoms with Gasteiger partial charge in [-0.25, -0.2) is 0 Å². The SMILES string of the molecule is CO/N=C(/COc1ccc(COc2ccc(C(C#N)CC(=O)ON)cc2)cc1)c1ccccc1. The number of nitrogens with zero attached hydrogens (tertiary/aromatic N) is 2. The first-order chi connectivity index (χ1) is 16.6. The molecule has 174 valence electrons. The third-order valence-electron chi connectivity index (χ3n) is 4.95. The zero-order chi connectivity index (χ0) is 24.2. The molecule has 0 heterocycles. The molecule has 0 aliphatic heterocycles. The molecule has 0 bridgehead atoms. The first kappa shape index (κ1) is 24.3. The van der Waals surface area contributed by atoms with Crippen molar-refractivity contribution < 1.29 is 23.9 Å². The number of benzene rings is 3. The van der Waals surface area contributed by atoms with Crippen LogP contribution in [0.2, 0.25) is 0 Å². The molecule has 0 aliphatic rings. The van der Waals surface area contributed by atoms with E-state index in [9.17, 15) is 10.1 Å². The summed E-state index contributed by atoms with van der Waals surface area (Å²) in [5, 5.41) is 13.3. The monoisotopic (exact) mass is 459 g/mol. The number of hydrogen-bond acceptors (Lipinski definition) is 8. The van der Waals surface area contributed by atoms with Crippen molar-refractivity contribution in [3.63, 3.8) is 0 Å². The van der Waals surface area contributed by atoms with Crippen molar-refractivity contribution in [1.29, 1.82) is 5.26 Å². The fourth-order valence-corrected chi connectivity index (χ4v) is 3.15.